The highest BCUT2D eigenvalue weighted by atomic mass is 32.2. The Morgan fingerprint density at radius 2 is 1.97 bits per heavy atom. The first kappa shape index (κ1) is 19.4. The lowest BCUT2D eigenvalue weighted by Gasteiger charge is -2.05. The number of rotatable bonds is 6. The summed E-state index contributed by atoms with van der Waals surface area (Å²) >= 11 is 4.07. The molecule has 0 aliphatic rings. The second-order valence-electron chi connectivity index (χ2n) is 5.97. The third-order valence-corrected chi connectivity index (χ3v) is 6.62. The summed E-state index contributed by atoms with van der Waals surface area (Å²) in [5, 5.41) is 17.5. The van der Waals surface area contributed by atoms with E-state index >= 15 is 0 Å². The Morgan fingerprint density at radius 1 is 1.07 bits per heavy atom. The summed E-state index contributed by atoms with van der Waals surface area (Å²) in [5.74, 6) is 0.0739. The van der Waals surface area contributed by atoms with E-state index in [2.05, 4.69) is 15.6 Å². The number of amides is 2. The lowest BCUT2D eigenvalue weighted by molar-refractivity contribution is -0.113. The fourth-order valence-electron chi connectivity index (χ4n) is 2.54. The number of thiophene rings is 1. The molecule has 0 bridgehead atoms. The lowest BCUT2D eigenvalue weighted by Crippen LogP contribution is -2.13. The molecule has 0 saturated heterocycles. The molecule has 3 N–H and O–H groups in total. The average Bonchev–Trinajstić information content (AvgIpc) is 3.35. The zero-order chi connectivity index (χ0) is 20.2. The van der Waals surface area contributed by atoms with Crippen LogP contribution < -0.4 is 10.6 Å². The average molecular weight is 442 g/mol. The van der Waals surface area contributed by atoms with Crippen LogP contribution in [0.25, 0.3) is 10.2 Å². The summed E-state index contributed by atoms with van der Waals surface area (Å²) in [5.41, 5.74) is 1.42. The van der Waals surface area contributed by atoms with Crippen LogP contribution in [0.1, 0.15) is 9.67 Å². The van der Waals surface area contributed by atoms with Crippen molar-refractivity contribution in [2.24, 2.45) is 0 Å². The minimum Gasteiger partial charge on any atom is -0.508 e. The number of nitrogens with one attached hydrogen (secondary N) is 2. The number of carbonyl (C=O) groups excluding carboxylic acids is 2. The van der Waals surface area contributed by atoms with Gasteiger partial charge in [0.2, 0.25) is 5.91 Å². The number of hydrogen-bond donors (Lipinski definition) is 3. The molecular weight excluding hydrogens is 426 g/mol. The van der Waals surface area contributed by atoms with Crippen molar-refractivity contribution < 1.29 is 14.7 Å². The van der Waals surface area contributed by atoms with Crippen LogP contribution in [0.3, 0.4) is 0 Å². The van der Waals surface area contributed by atoms with Crippen molar-refractivity contribution in [2.45, 2.75) is 4.90 Å². The Bertz CT molecular complexity index is 1170. The molecular formula is C20H15N3O3S3. The highest BCUT2D eigenvalue weighted by molar-refractivity contribution is 8.00. The van der Waals surface area contributed by atoms with E-state index in [1.807, 2.05) is 29.6 Å². The Hall–Kier alpha value is -2.88. The molecule has 9 heteroatoms. The van der Waals surface area contributed by atoms with Crippen molar-refractivity contribution >= 4 is 67.3 Å². The second-order valence-corrected chi connectivity index (χ2v) is 8.99. The number of anilines is 2. The van der Waals surface area contributed by atoms with Gasteiger partial charge in [-0.05, 0) is 47.8 Å². The van der Waals surface area contributed by atoms with Gasteiger partial charge in [-0.15, -0.1) is 23.1 Å². The number of aromatic nitrogens is 1. The molecule has 0 fully saturated rings. The summed E-state index contributed by atoms with van der Waals surface area (Å²) in [6, 6.07) is 15.8. The SMILES string of the molecule is O=C(CSc1cccc(O)c1)Nc1ccc2nc(NC(=O)c3cccs3)sc2c1. The van der Waals surface area contributed by atoms with Gasteiger partial charge in [-0.3, -0.25) is 14.9 Å². The molecule has 29 heavy (non-hydrogen) atoms. The van der Waals surface area contributed by atoms with E-state index in [0.717, 1.165) is 15.1 Å². The van der Waals surface area contributed by atoms with E-state index in [1.54, 1.807) is 30.3 Å². The van der Waals surface area contributed by atoms with Gasteiger partial charge in [0.1, 0.15) is 5.75 Å². The number of thioether (sulfide) groups is 1. The summed E-state index contributed by atoms with van der Waals surface area (Å²) in [4.78, 5) is 30.3. The normalized spacial score (nSPS) is 10.8. The van der Waals surface area contributed by atoms with Crippen molar-refractivity contribution in [3.8, 4) is 5.75 Å². The number of thiazole rings is 1. The standard InChI is InChI=1S/C20H15N3O3S3/c24-13-3-1-4-14(10-13)28-11-18(25)21-12-6-7-15-17(9-12)29-20(22-15)23-19(26)16-5-2-8-27-16/h1-10,24H,11H2,(H,21,25)(H,22,23,26). The highest BCUT2D eigenvalue weighted by Crippen LogP contribution is 2.29. The van der Waals surface area contributed by atoms with Crippen LogP contribution in [0.5, 0.6) is 5.75 Å². The number of nitrogens with zero attached hydrogens (tertiary/aromatic N) is 1. The third kappa shape index (κ3) is 4.94. The predicted octanol–water partition coefficient (Wildman–Crippen LogP) is 5.05. The molecule has 0 aliphatic carbocycles. The van der Waals surface area contributed by atoms with Gasteiger partial charge in [0.05, 0.1) is 20.8 Å². The molecule has 2 aromatic carbocycles. The summed E-state index contributed by atoms with van der Waals surface area (Å²) in [6.45, 7) is 0. The molecule has 2 heterocycles. The number of aromatic hydroxyl groups is 1. The zero-order valence-corrected chi connectivity index (χ0v) is 17.4. The van der Waals surface area contributed by atoms with Gasteiger partial charge in [0, 0.05) is 10.6 Å². The quantitative estimate of drug-likeness (QED) is 0.364. The van der Waals surface area contributed by atoms with Gasteiger partial charge < -0.3 is 10.4 Å². The lowest BCUT2D eigenvalue weighted by atomic mass is 10.3. The first-order chi connectivity index (χ1) is 14.1. The predicted molar refractivity (Wildman–Crippen MR) is 119 cm³/mol. The largest absolute Gasteiger partial charge is 0.508 e. The fraction of sp³-hybridized carbons (Fsp3) is 0.0500. The minimum atomic E-state index is -0.184. The van der Waals surface area contributed by atoms with Crippen molar-refractivity contribution in [3.63, 3.8) is 0 Å². The second kappa shape index (κ2) is 8.64. The van der Waals surface area contributed by atoms with E-state index < -0.39 is 0 Å². The van der Waals surface area contributed by atoms with Crippen LogP contribution in [0, 0.1) is 0 Å². The summed E-state index contributed by atoms with van der Waals surface area (Å²) in [6.07, 6.45) is 0. The minimum absolute atomic E-state index is 0.145. The van der Waals surface area contributed by atoms with Crippen LogP contribution in [-0.4, -0.2) is 27.7 Å². The van der Waals surface area contributed by atoms with Crippen molar-refractivity contribution in [1.29, 1.82) is 0 Å². The zero-order valence-electron chi connectivity index (χ0n) is 14.9. The maximum Gasteiger partial charge on any atom is 0.267 e. The number of hydrogen-bond acceptors (Lipinski definition) is 7. The molecule has 0 radical (unpaired) electrons. The van der Waals surface area contributed by atoms with E-state index in [4.69, 9.17) is 0 Å². The molecule has 0 atom stereocenters. The molecule has 0 unspecified atom stereocenters. The van der Waals surface area contributed by atoms with Gasteiger partial charge in [0.25, 0.3) is 5.91 Å². The molecule has 4 aromatic rings. The summed E-state index contributed by atoms with van der Waals surface area (Å²) < 4.78 is 0.866. The maximum absolute atomic E-state index is 12.2. The van der Waals surface area contributed by atoms with E-state index in [1.165, 1.54) is 34.4 Å². The van der Waals surface area contributed by atoms with E-state index in [0.29, 0.717) is 15.7 Å². The van der Waals surface area contributed by atoms with E-state index in [-0.39, 0.29) is 23.3 Å². The summed E-state index contributed by atoms with van der Waals surface area (Å²) in [7, 11) is 0. The smallest absolute Gasteiger partial charge is 0.267 e. The monoisotopic (exact) mass is 441 g/mol. The van der Waals surface area contributed by atoms with Crippen LogP contribution in [0.15, 0.2) is 64.9 Å². The van der Waals surface area contributed by atoms with Gasteiger partial charge in [0.15, 0.2) is 5.13 Å². The van der Waals surface area contributed by atoms with Crippen molar-refractivity contribution in [3.05, 3.63) is 64.9 Å². The van der Waals surface area contributed by atoms with Gasteiger partial charge in [-0.1, -0.05) is 23.5 Å². The molecule has 2 amide bonds. The highest BCUT2D eigenvalue weighted by Gasteiger charge is 2.12. The Labute approximate surface area is 178 Å². The number of phenols is 1. The Balaban J connectivity index is 1.39. The molecule has 0 aliphatic heterocycles. The fourth-order valence-corrected chi connectivity index (χ4v) is 4.81. The Morgan fingerprint density at radius 3 is 2.76 bits per heavy atom. The van der Waals surface area contributed by atoms with Gasteiger partial charge in [-0.2, -0.15) is 0 Å². The molecule has 0 saturated carbocycles. The molecule has 0 spiro atoms. The van der Waals surface area contributed by atoms with Crippen molar-refractivity contribution in [1.82, 2.24) is 4.98 Å². The molecule has 4 rings (SSSR count). The number of fused-ring (bicyclic) bond motifs is 1. The van der Waals surface area contributed by atoms with Crippen molar-refractivity contribution in [2.75, 3.05) is 16.4 Å². The Kier molecular flexibility index (Phi) is 5.79. The van der Waals surface area contributed by atoms with Crippen LogP contribution in [-0.2, 0) is 4.79 Å². The molecule has 146 valence electrons. The molecule has 2 aromatic heterocycles. The first-order valence-corrected chi connectivity index (χ1v) is 11.2. The topological polar surface area (TPSA) is 91.3 Å². The maximum atomic E-state index is 12.2. The first-order valence-electron chi connectivity index (χ1n) is 8.54. The number of carbonyl (C=O) groups is 2. The van der Waals surface area contributed by atoms with Crippen LogP contribution in [0.2, 0.25) is 0 Å². The van der Waals surface area contributed by atoms with Crippen LogP contribution in [0.4, 0.5) is 10.8 Å². The van der Waals surface area contributed by atoms with Gasteiger partial charge >= 0.3 is 0 Å². The third-order valence-electron chi connectivity index (χ3n) is 3.83. The number of benzene rings is 2. The van der Waals surface area contributed by atoms with E-state index in [9.17, 15) is 14.7 Å². The number of phenolic OH excluding ortho intramolecular Hbond substituents is 1. The van der Waals surface area contributed by atoms with Crippen LogP contribution >= 0.6 is 34.4 Å². The molecule has 6 nitrogen and oxygen atoms in total. The van der Waals surface area contributed by atoms with Gasteiger partial charge in [-0.25, -0.2) is 4.98 Å².